The van der Waals surface area contributed by atoms with Crippen LogP contribution in [0, 0.1) is 6.92 Å². The first-order valence-corrected chi connectivity index (χ1v) is 8.59. The molecule has 1 fully saturated rings. The van der Waals surface area contributed by atoms with Gasteiger partial charge in [-0.15, -0.1) is 0 Å². The van der Waals surface area contributed by atoms with Crippen LogP contribution < -0.4 is 5.32 Å². The van der Waals surface area contributed by atoms with Crippen LogP contribution in [0.15, 0.2) is 28.8 Å². The minimum atomic E-state index is -0.0661. The fraction of sp³-hybridized carbons (Fsp3) is 0.500. The van der Waals surface area contributed by atoms with Crippen molar-refractivity contribution in [2.24, 2.45) is 0 Å². The first-order chi connectivity index (χ1) is 11.7. The number of hydrogen-bond donors (Lipinski definition) is 1. The number of hydrogen-bond acceptors (Lipinski definition) is 5. The van der Waals surface area contributed by atoms with Gasteiger partial charge in [0, 0.05) is 18.7 Å². The summed E-state index contributed by atoms with van der Waals surface area (Å²) >= 11 is 0. The third kappa shape index (κ3) is 4.64. The maximum atomic E-state index is 12.0. The van der Waals surface area contributed by atoms with Gasteiger partial charge in [0.1, 0.15) is 0 Å². The van der Waals surface area contributed by atoms with Crippen LogP contribution in [0.5, 0.6) is 0 Å². The molecule has 1 aromatic heterocycles. The maximum Gasteiger partial charge on any atom is 0.257 e. The number of nitrogens with zero attached hydrogens (tertiary/aromatic N) is 3. The van der Waals surface area contributed by atoms with Gasteiger partial charge in [0.15, 0.2) is 5.82 Å². The van der Waals surface area contributed by atoms with E-state index in [1.807, 2.05) is 31.2 Å². The van der Waals surface area contributed by atoms with E-state index in [0.717, 1.165) is 30.8 Å². The molecular weight excluding hydrogens is 304 g/mol. The van der Waals surface area contributed by atoms with E-state index in [4.69, 9.17) is 4.52 Å². The van der Waals surface area contributed by atoms with E-state index in [1.165, 1.54) is 19.3 Å². The van der Waals surface area contributed by atoms with Crippen molar-refractivity contribution in [1.29, 1.82) is 0 Å². The fourth-order valence-electron chi connectivity index (χ4n) is 2.96. The van der Waals surface area contributed by atoms with Crippen molar-refractivity contribution in [2.45, 2.75) is 32.6 Å². The van der Waals surface area contributed by atoms with Crippen LogP contribution in [0.3, 0.4) is 0 Å². The number of carbonyl (C=O) groups is 1. The van der Waals surface area contributed by atoms with E-state index in [0.29, 0.717) is 18.3 Å². The number of likely N-dealkylation sites (tertiary alicyclic amines) is 1. The van der Waals surface area contributed by atoms with Crippen LogP contribution in [0.2, 0.25) is 0 Å². The number of rotatable bonds is 6. The van der Waals surface area contributed by atoms with Crippen molar-refractivity contribution in [1.82, 2.24) is 20.4 Å². The number of aromatic nitrogens is 2. The average Bonchev–Trinajstić information content (AvgIpc) is 3.04. The Kier molecular flexibility index (Phi) is 5.59. The van der Waals surface area contributed by atoms with Gasteiger partial charge < -0.3 is 14.7 Å². The van der Waals surface area contributed by atoms with Gasteiger partial charge in [0.25, 0.3) is 5.89 Å². The summed E-state index contributed by atoms with van der Waals surface area (Å²) in [7, 11) is 0. The highest BCUT2D eigenvalue weighted by atomic mass is 16.5. The lowest BCUT2D eigenvalue weighted by Gasteiger charge is -2.26. The number of amides is 1. The summed E-state index contributed by atoms with van der Waals surface area (Å²) < 4.78 is 5.26. The van der Waals surface area contributed by atoms with Gasteiger partial charge in [-0.2, -0.15) is 4.98 Å². The monoisotopic (exact) mass is 328 g/mol. The molecule has 0 spiro atoms. The Bertz CT molecular complexity index is 677. The summed E-state index contributed by atoms with van der Waals surface area (Å²) in [5, 5.41) is 6.84. The SMILES string of the molecule is Cc1cccc(-c2nc(CC(=O)NCCN3CCCCC3)no2)c1. The van der Waals surface area contributed by atoms with Crippen LogP contribution >= 0.6 is 0 Å². The van der Waals surface area contributed by atoms with Gasteiger partial charge in [-0.25, -0.2) is 0 Å². The third-order valence-corrected chi connectivity index (χ3v) is 4.25. The molecule has 6 nitrogen and oxygen atoms in total. The molecule has 1 amide bonds. The van der Waals surface area contributed by atoms with Crippen LogP contribution in [0.1, 0.15) is 30.7 Å². The molecule has 6 heteroatoms. The van der Waals surface area contributed by atoms with E-state index in [-0.39, 0.29) is 12.3 Å². The maximum absolute atomic E-state index is 12.0. The topological polar surface area (TPSA) is 71.3 Å². The van der Waals surface area contributed by atoms with Crippen LogP contribution in [0.4, 0.5) is 0 Å². The van der Waals surface area contributed by atoms with Gasteiger partial charge >= 0.3 is 0 Å². The molecule has 2 aromatic rings. The predicted molar refractivity (Wildman–Crippen MR) is 91.5 cm³/mol. The quantitative estimate of drug-likeness (QED) is 0.880. The Morgan fingerprint density at radius 1 is 1.29 bits per heavy atom. The molecule has 0 radical (unpaired) electrons. The van der Waals surface area contributed by atoms with Crippen LogP contribution in [-0.4, -0.2) is 47.1 Å². The number of nitrogens with one attached hydrogen (secondary N) is 1. The summed E-state index contributed by atoms with van der Waals surface area (Å²) in [6, 6.07) is 7.86. The van der Waals surface area contributed by atoms with E-state index in [2.05, 4.69) is 20.4 Å². The molecule has 0 atom stereocenters. The second kappa shape index (κ2) is 8.06. The zero-order valence-electron chi connectivity index (χ0n) is 14.1. The molecule has 1 saturated heterocycles. The van der Waals surface area contributed by atoms with Crippen molar-refractivity contribution < 1.29 is 9.32 Å². The molecular formula is C18H24N4O2. The van der Waals surface area contributed by atoms with Gasteiger partial charge in [-0.3, -0.25) is 4.79 Å². The highest BCUT2D eigenvalue weighted by molar-refractivity contribution is 5.77. The molecule has 2 heterocycles. The number of aryl methyl sites for hydroxylation is 1. The van der Waals surface area contributed by atoms with Crippen molar-refractivity contribution in [3.05, 3.63) is 35.7 Å². The average molecular weight is 328 g/mol. The van der Waals surface area contributed by atoms with Crippen LogP contribution in [-0.2, 0) is 11.2 Å². The Balaban J connectivity index is 1.46. The van der Waals surface area contributed by atoms with E-state index in [9.17, 15) is 4.79 Å². The smallest absolute Gasteiger partial charge is 0.257 e. The van der Waals surface area contributed by atoms with Crippen molar-refractivity contribution in [3.8, 4) is 11.5 Å². The summed E-state index contributed by atoms with van der Waals surface area (Å²) in [5.41, 5.74) is 2.00. The molecule has 1 aliphatic rings. The molecule has 0 aliphatic carbocycles. The Morgan fingerprint density at radius 2 is 2.12 bits per heavy atom. The third-order valence-electron chi connectivity index (χ3n) is 4.25. The highest BCUT2D eigenvalue weighted by Gasteiger charge is 2.13. The molecule has 0 saturated carbocycles. The molecule has 1 aromatic carbocycles. The van der Waals surface area contributed by atoms with Crippen molar-refractivity contribution >= 4 is 5.91 Å². The Morgan fingerprint density at radius 3 is 2.92 bits per heavy atom. The van der Waals surface area contributed by atoms with E-state index < -0.39 is 0 Å². The standard InChI is InChI=1S/C18H24N4O2/c1-14-6-5-7-15(12-14)18-20-16(21-24-18)13-17(23)19-8-11-22-9-3-2-4-10-22/h5-7,12H,2-4,8-11,13H2,1H3,(H,19,23). The minimum Gasteiger partial charge on any atom is -0.354 e. The van der Waals surface area contributed by atoms with Crippen molar-refractivity contribution in [3.63, 3.8) is 0 Å². The van der Waals surface area contributed by atoms with E-state index >= 15 is 0 Å². The van der Waals surface area contributed by atoms with Crippen molar-refractivity contribution in [2.75, 3.05) is 26.2 Å². The second-order valence-corrected chi connectivity index (χ2v) is 6.31. The highest BCUT2D eigenvalue weighted by Crippen LogP contribution is 2.18. The fourth-order valence-corrected chi connectivity index (χ4v) is 2.96. The van der Waals surface area contributed by atoms with E-state index in [1.54, 1.807) is 0 Å². The summed E-state index contributed by atoms with van der Waals surface area (Å²) in [5.74, 6) is 0.806. The lowest BCUT2D eigenvalue weighted by molar-refractivity contribution is -0.120. The first-order valence-electron chi connectivity index (χ1n) is 8.59. The second-order valence-electron chi connectivity index (χ2n) is 6.31. The molecule has 3 rings (SSSR count). The first kappa shape index (κ1) is 16.6. The Hall–Kier alpha value is -2.21. The van der Waals surface area contributed by atoms with Gasteiger partial charge in [0.05, 0.1) is 6.42 Å². The summed E-state index contributed by atoms with van der Waals surface area (Å²) in [6.45, 7) is 5.87. The zero-order chi connectivity index (χ0) is 16.8. The summed E-state index contributed by atoms with van der Waals surface area (Å²) in [4.78, 5) is 18.7. The predicted octanol–water partition coefficient (Wildman–Crippen LogP) is 2.19. The normalized spacial score (nSPS) is 15.4. The Labute approximate surface area is 142 Å². The molecule has 1 N–H and O–H groups in total. The number of carbonyl (C=O) groups excluding carboxylic acids is 1. The number of piperidine rings is 1. The minimum absolute atomic E-state index is 0.0661. The molecule has 24 heavy (non-hydrogen) atoms. The van der Waals surface area contributed by atoms with Gasteiger partial charge in [-0.1, -0.05) is 29.3 Å². The molecule has 0 bridgehead atoms. The lowest BCUT2D eigenvalue weighted by Crippen LogP contribution is -2.38. The molecule has 1 aliphatic heterocycles. The number of benzene rings is 1. The summed E-state index contributed by atoms with van der Waals surface area (Å²) in [6.07, 6.45) is 4.00. The van der Waals surface area contributed by atoms with Crippen LogP contribution in [0.25, 0.3) is 11.5 Å². The zero-order valence-corrected chi connectivity index (χ0v) is 14.1. The van der Waals surface area contributed by atoms with Gasteiger partial charge in [-0.05, 0) is 45.0 Å². The molecule has 0 unspecified atom stereocenters. The lowest BCUT2D eigenvalue weighted by atomic mass is 10.1. The largest absolute Gasteiger partial charge is 0.354 e. The van der Waals surface area contributed by atoms with Gasteiger partial charge in [0.2, 0.25) is 5.91 Å². The molecule has 128 valence electrons.